The number of hydrogen-bond acceptors (Lipinski definition) is 4. The summed E-state index contributed by atoms with van der Waals surface area (Å²) in [5.41, 5.74) is 4.15. The van der Waals surface area contributed by atoms with Gasteiger partial charge in [-0.25, -0.2) is 9.78 Å². The fourth-order valence-corrected chi connectivity index (χ4v) is 3.24. The number of rotatable bonds is 6. The van der Waals surface area contributed by atoms with Crippen molar-refractivity contribution in [2.45, 2.75) is 19.6 Å². The van der Waals surface area contributed by atoms with Crippen molar-refractivity contribution >= 4 is 34.7 Å². The normalized spacial score (nSPS) is 11.6. The Labute approximate surface area is 161 Å². The summed E-state index contributed by atoms with van der Waals surface area (Å²) >= 11 is 7.69. The van der Waals surface area contributed by atoms with Crippen LogP contribution in [-0.2, 0) is 6.61 Å². The van der Waals surface area contributed by atoms with Gasteiger partial charge in [-0.2, -0.15) is 0 Å². The zero-order valence-electron chi connectivity index (χ0n) is 14.1. The first-order chi connectivity index (χ1) is 12.6. The highest BCUT2D eigenvalue weighted by molar-refractivity contribution is 7.07. The lowest BCUT2D eigenvalue weighted by Gasteiger charge is -2.16. The first kappa shape index (κ1) is 18.2. The van der Waals surface area contributed by atoms with E-state index in [0.717, 1.165) is 11.3 Å². The minimum absolute atomic E-state index is 0.215. The van der Waals surface area contributed by atoms with Crippen LogP contribution in [0.3, 0.4) is 0 Å². The molecule has 0 spiro atoms. The largest absolute Gasteiger partial charge is 0.487 e. The van der Waals surface area contributed by atoms with Gasteiger partial charge in [-0.15, -0.1) is 11.3 Å². The number of hydrogen-bond donors (Lipinski definition) is 2. The first-order valence-electron chi connectivity index (χ1n) is 8.03. The molecule has 2 amide bonds. The van der Waals surface area contributed by atoms with Crippen LogP contribution in [0, 0.1) is 0 Å². The van der Waals surface area contributed by atoms with Gasteiger partial charge in [0.25, 0.3) is 0 Å². The van der Waals surface area contributed by atoms with Crippen molar-refractivity contribution in [1.29, 1.82) is 0 Å². The van der Waals surface area contributed by atoms with E-state index in [1.807, 2.05) is 42.6 Å². The van der Waals surface area contributed by atoms with Crippen molar-refractivity contribution in [3.05, 3.63) is 75.7 Å². The summed E-state index contributed by atoms with van der Waals surface area (Å²) < 4.78 is 5.69. The second-order valence-corrected chi connectivity index (χ2v) is 6.76. The molecule has 2 N–H and O–H groups in total. The number of amides is 2. The van der Waals surface area contributed by atoms with Crippen molar-refractivity contribution in [1.82, 2.24) is 10.3 Å². The average molecular weight is 388 g/mol. The highest BCUT2D eigenvalue weighted by atomic mass is 35.5. The van der Waals surface area contributed by atoms with E-state index >= 15 is 0 Å². The number of aromatic nitrogens is 1. The Morgan fingerprint density at radius 3 is 2.88 bits per heavy atom. The molecule has 0 fully saturated rings. The van der Waals surface area contributed by atoms with Gasteiger partial charge in [0.2, 0.25) is 0 Å². The number of thiazole rings is 1. The van der Waals surface area contributed by atoms with Crippen LogP contribution in [0.5, 0.6) is 5.75 Å². The summed E-state index contributed by atoms with van der Waals surface area (Å²) in [5.74, 6) is 0.662. The van der Waals surface area contributed by atoms with Crippen LogP contribution < -0.4 is 15.4 Å². The summed E-state index contributed by atoms with van der Waals surface area (Å²) in [5, 5.41) is 8.24. The number of nitrogens with one attached hydrogen (secondary N) is 2. The van der Waals surface area contributed by atoms with Gasteiger partial charge in [-0.1, -0.05) is 35.9 Å². The molecule has 0 radical (unpaired) electrons. The molecule has 1 aromatic heterocycles. The number of nitrogens with zero attached hydrogens (tertiary/aromatic N) is 1. The van der Waals surface area contributed by atoms with E-state index in [-0.39, 0.29) is 12.1 Å². The summed E-state index contributed by atoms with van der Waals surface area (Å²) in [6, 6.07) is 14.1. The minimum Gasteiger partial charge on any atom is -0.487 e. The Balaban J connectivity index is 1.57. The number of carbonyl (C=O) groups excluding carboxylic acids is 1. The van der Waals surface area contributed by atoms with E-state index in [4.69, 9.17) is 16.3 Å². The molecule has 5 nitrogen and oxygen atoms in total. The molecule has 3 aromatic rings. The van der Waals surface area contributed by atoms with Crippen LogP contribution in [0.15, 0.2) is 59.4 Å². The maximum atomic E-state index is 12.2. The van der Waals surface area contributed by atoms with E-state index < -0.39 is 0 Å². The molecule has 1 atom stereocenters. The number of anilines is 1. The molecule has 26 heavy (non-hydrogen) atoms. The Bertz CT molecular complexity index is 871. The Morgan fingerprint density at radius 2 is 2.12 bits per heavy atom. The number of carbonyl (C=O) groups is 1. The fraction of sp³-hybridized carbons (Fsp3) is 0.158. The molecule has 2 aromatic carbocycles. The zero-order chi connectivity index (χ0) is 18.4. The van der Waals surface area contributed by atoms with E-state index in [1.54, 1.807) is 23.7 Å². The van der Waals surface area contributed by atoms with Gasteiger partial charge < -0.3 is 15.4 Å². The molecule has 1 heterocycles. The van der Waals surface area contributed by atoms with Gasteiger partial charge in [0.15, 0.2) is 0 Å². The maximum absolute atomic E-state index is 12.2. The SMILES string of the molecule is CC(NC(=O)Nc1cccc(OCc2cscn2)c1)c1ccccc1Cl. The second kappa shape index (κ2) is 8.69. The molecule has 0 aliphatic carbocycles. The quantitative estimate of drug-likeness (QED) is 0.606. The van der Waals surface area contributed by atoms with Crippen molar-refractivity contribution in [3.8, 4) is 5.75 Å². The third kappa shape index (κ3) is 4.97. The molecule has 1 unspecified atom stereocenters. The summed E-state index contributed by atoms with van der Waals surface area (Å²) in [6.45, 7) is 2.27. The first-order valence-corrected chi connectivity index (χ1v) is 9.36. The molecule has 0 saturated carbocycles. The lowest BCUT2D eigenvalue weighted by Crippen LogP contribution is -2.31. The van der Waals surface area contributed by atoms with Gasteiger partial charge in [-0.05, 0) is 30.7 Å². The smallest absolute Gasteiger partial charge is 0.319 e. The maximum Gasteiger partial charge on any atom is 0.319 e. The third-order valence-corrected chi connectivity index (χ3v) is 4.66. The topological polar surface area (TPSA) is 63.2 Å². The molecule has 0 aliphatic heterocycles. The van der Waals surface area contributed by atoms with Crippen LogP contribution >= 0.6 is 22.9 Å². The highest BCUT2D eigenvalue weighted by Crippen LogP contribution is 2.23. The molecular weight excluding hydrogens is 370 g/mol. The van der Waals surface area contributed by atoms with Gasteiger partial charge in [-0.3, -0.25) is 0 Å². The monoisotopic (exact) mass is 387 g/mol. The average Bonchev–Trinajstić information content (AvgIpc) is 3.14. The predicted octanol–water partition coefficient (Wildman–Crippen LogP) is 5.26. The lowest BCUT2D eigenvalue weighted by atomic mass is 10.1. The van der Waals surface area contributed by atoms with E-state index in [0.29, 0.717) is 23.1 Å². The molecule has 134 valence electrons. The van der Waals surface area contributed by atoms with Crippen molar-refractivity contribution in [2.75, 3.05) is 5.32 Å². The van der Waals surface area contributed by atoms with E-state index in [9.17, 15) is 4.79 Å². The molecule has 0 aliphatic rings. The van der Waals surface area contributed by atoms with Gasteiger partial charge >= 0.3 is 6.03 Å². The second-order valence-electron chi connectivity index (χ2n) is 5.64. The van der Waals surface area contributed by atoms with Gasteiger partial charge in [0, 0.05) is 22.2 Å². The Morgan fingerprint density at radius 1 is 1.27 bits per heavy atom. The molecule has 7 heteroatoms. The molecule has 3 rings (SSSR count). The van der Waals surface area contributed by atoms with E-state index in [2.05, 4.69) is 15.6 Å². The number of benzene rings is 2. The van der Waals surface area contributed by atoms with Crippen LogP contribution in [0.1, 0.15) is 24.2 Å². The van der Waals surface area contributed by atoms with Crippen LogP contribution in [-0.4, -0.2) is 11.0 Å². The van der Waals surface area contributed by atoms with E-state index in [1.165, 1.54) is 11.3 Å². The predicted molar refractivity (Wildman–Crippen MR) is 105 cm³/mol. The number of ether oxygens (including phenoxy) is 1. The molecular formula is C19H18ClN3O2S. The van der Waals surface area contributed by atoms with Crippen LogP contribution in [0.2, 0.25) is 5.02 Å². The number of halogens is 1. The molecule has 0 bridgehead atoms. The van der Waals surface area contributed by atoms with Crippen molar-refractivity contribution in [3.63, 3.8) is 0 Å². The summed E-state index contributed by atoms with van der Waals surface area (Å²) in [6.07, 6.45) is 0. The third-order valence-electron chi connectivity index (χ3n) is 3.68. The van der Waals surface area contributed by atoms with Crippen LogP contribution in [0.4, 0.5) is 10.5 Å². The van der Waals surface area contributed by atoms with Crippen molar-refractivity contribution in [2.24, 2.45) is 0 Å². The van der Waals surface area contributed by atoms with Crippen molar-refractivity contribution < 1.29 is 9.53 Å². The standard InChI is InChI=1S/C19H18ClN3O2S/c1-13(17-7-2-3-8-18(17)20)22-19(24)23-14-5-4-6-16(9-14)25-10-15-11-26-12-21-15/h2-9,11-13H,10H2,1H3,(H2,22,23,24). The highest BCUT2D eigenvalue weighted by Gasteiger charge is 2.12. The zero-order valence-corrected chi connectivity index (χ0v) is 15.7. The fourth-order valence-electron chi connectivity index (χ4n) is 2.40. The number of urea groups is 1. The summed E-state index contributed by atoms with van der Waals surface area (Å²) in [7, 11) is 0. The lowest BCUT2D eigenvalue weighted by molar-refractivity contribution is 0.249. The summed E-state index contributed by atoms with van der Waals surface area (Å²) in [4.78, 5) is 16.4. The van der Waals surface area contributed by atoms with Gasteiger partial charge in [0.05, 0.1) is 17.2 Å². The van der Waals surface area contributed by atoms with Crippen LogP contribution in [0.25, 0.3) is 0 Å². The minimum atomic E-state index is -0.311. The van der Waals surface area contributed by atoms with Gasteiger partial charge in [0.1, 0.15) is 12.4 Å². The Kier molecular flexibility index (Phi) is 6.09. The molecule has 0 saturated heterocycles. The Hall–Kier alpha value is -2.57.